The highest BCUT2D eigenvalue weighted by molar-refractivity contribution is 6.30. The topological polar surface area (TPSA) is 41.6 Å². The van der Waals surface area contributed by atoms with Crippen molar-refractivity contribution in [3.63, 3.8) is 0 Å². The fraction of sp³-hybridized carbons (Fsp3) is 0.462. The maximum absolute atomic E-state index is 6.04. The van der Waals surface area contributed by atoms with E-state index < -0.39 is 0 Å². The van der Waals surface area contributed by atoms with Gasteiger partial charge in [0.05, 0.1) is 12.6 Å². The van der Waals surface area contributed by atoms with Gasteiger partial charge in [0.25, 0.3) is 0 Å². The highest BCUT2D eigenvalue weighted by Gasteiger charge is 2.32. The number of rotatable bonds is 3. The molecule has 0 saturated heterocycles. The van der Waals surface area contributed by atoms with Gasteiger partial charge in [-0.25, -0.2) is 0 Å². The van der Waals surface area contributed by atoms with Gasteiger partial charge in [0, 0.05) is 11.6 Å². The van der Waals surface area contributed by atoms with Crippen molar-refractivity contribution >= 4 is 17.6 Å². The molecular formula is C13H16ClN3. The van der Waals surface area contributed by atoms with Crippen LogP contribution in [-0.2, 0) is 0 Å². The van der Waals surface area contributed by atoms with Gasteiger partial charge in [-0.3, -0.25) is 4.99 Å². The lowest BCUT2D eigenvalue weighted by Gasteiger charge is -2.26. The van der Waals surface area contributed by atoms with Crippen LogP contribution in [0.25, 0.3) is 0 Å². The summed E-state index contributed by atoms with van der Waals surface area (Å²) in [6, 6.07) is 8.27. The van der Waals surface area contributed by atoms with Crippen LogP contribution in [0.5, 0.6) is 0 Å². The summed E-state index contributed by atoms with van der Waals surface area (Å²) >= 11 is 6.04. The van der Waals surface area contributed by atoms with Crippen LogP contribution < -0.4 is 5.73 Å². The number of aliphatic imine (C=N–C) groups is 1. The van der Waals surface area contributed by atoms with Gasteiger partial charge in [0.15, 0.2) is 5.96 Å². The largest absolute Gasteiger partial charge is 0.370 e. The highest BCUT2D eigenvalue weighted by atomic mass is 35.5. The summed E-state index contributed by atoms with van der Waals surface area (Å²) in [4.78, 5) is 6.59. The average molecular weight is 250 g/mol. The Balaban J connectivity index is 1.82. The van der Waals surface area contributed by atoms with Gasteiger partial charge >= 0.3 is 0 Å². The molecule has 1 saturated carbocycles. The number of benzene rings is 1. The van der Waals surface area contributed by atoms with Crippen LogP contribution >= 0.6 is 11.6 Å². The molecule has 0 bridgehead atoms. The van der Waals surface area contributed by atoms with E-state index in [1.54, 1.807) is 0 Å². The molecule has 3 rings (SSSR count). The van der Waals surface area contributed by atoms with Gasteiger partial charge < -0.3 is 10.6 Å². The third kappa shape index (κ3) is 2.25. The van der Waals surface area contributed by atoms with E-state index in [1.807, 2.05) is 18.2 Å². The minimum atomic E-state index is 0.272. The molecule has 3 nitrogen and oxygen atoms in total. The number of halogens is 1. The summed E-state index contributed by atoms with van der Waals surface area (Å²) in [5.74, 6) is 1.49. The lowest BCUT2D eigenvalue weighted by atomic mass is 10.1. The van der Waals surface area contributed by atoms with Crippen LogP contribution in [0.2, 0.25) is 5.02 Å². The summed E-state index contributed by atoms with van der Waals surface area (Å²) in [6.45, 7) is 1.78. The van der Waals surface area contributed by atoms with Crippen LogP contribution in [0.1, 0.15) is 24.4 Å². The second kappa shape index (κ2) is 4.22. The van der Waals surface area contributed by atoms with Gasteiger partial charge in [-0.1, -0.05) is 23.7 Å². The minimum Gasteiger partial charge on any atom is -0.370 e. The Morgan fingerprint density at radius 1 is 1.41 bits per heavy atom. The van der Waals surface area contributed by atoms with E-state index in [0.29, 0.717) is 5.96 Å². The average Bonchev–Trinajstić information content (AvgIpc) is 3.04. The number of guanidine groups is 1. The summed E-state index contributed by atoms with van der Waals surface area (Å²) in [6.07, 6.45) is 2.65. The molecule has 0 spiro atoms. The molecule has 0 radical (unpaired) electrons. The van der Waals surface area contributed by atoms with Crippen molar-refractivity contribution < 1.29 is 0 Å². The molecule has 1 aliphatic carbocycles. The molecule has 1 unspecified atom stereocenters. The molecule has 1 fully saturated rings. The van der Waals surface area contributed by atoms with Gasteiger partial charge in [0.1, 0.15) is 0 Å². The molecule has 2 N–H and O–H groups in total. The Kier molecular flexibility index (Phi) is 2.71. The minimum absolute atomic E-state index is 0.272. The number of nitrogens with two attached hydrogens (primary N) is 1. The number of hydrogen-bond acceptors (Lipinski definition) is 3. The molecule has 0 aromatic heterocycles. The number of nitrogens with zero attached hydrogens (tertiary/aromatic N) is 2. The Morgan fingerprint density at radius 3 is 2.94 bits per heavy atom. The standard InChI is InChI=1S/C13H16ClN3/c14-11-3-1-2-10(6-11)12-7-16-13(15)17(12)8-9-4-5-9/h1-3,6,9,12H,4-5,7-8H2,(H2,15,16). The van der Waals surface area contributed by atoms with Gasteiger partial charge in [-0.2, -0.15) is 0 Å². The second-order valence-electron chi connectivity index (χ2n) is 4.87. The highest BCUT2D eigenvalue weighted by Crippen LogP contribution is 2.34. The third-order valence-electron chi connectivity index (χ3n) is 3.48. The van der Waals surface area contributed by atoms with Gasteiger partial charge in [-0.15, -0.1) is 0 Å². The molecule has 0 amide bonds. The Bertz CT molecular complexity index is 454. The molecule has 90 valence electrons. The summed E-state index contributed by atoms with van der Waals surface area (Å²) < 4.78 is 0. The summed E-state index contributed by atoms with van der Waals surface area (Å²) in [5.41, 5.74) is 7.17. The Labute approximate surface area is 106 Å². The van der Waals surface area contributed by atoms with E-state index in [-0.39, 0.29) is 6.04 Å². The van der Waals surface area contributed by atoms with E-state index in [2.05, 4.69) is 16.0 Å². The fourth-order valence-corrected chi connectivity index (χ4v) is 2.53. The number of hydrogen-bond donors (Lipinski definition) is 1. The van der Waals surface area contributed by atoms with E-state index >= 15 is 0 Å². The first kappa shape index (κ1) is 10.9. The zero-order valence-electron chi connectivity index (χ0n) is 9.64. The summed E-state index contributed by atoms with van der Waals surface area (Å²) in [7, 11) is 0. The van der Waals surface area contributed by atoms with Crippen LogP contribution in [-0.4, -0.2) is 23.9 Å². The molecule has 4 heteroatoms. The van der Waals surface area contributed by atoms with Crippen LogP contribution in [0.3, 0.4) is 0 Å². The predicted molar refractivity (Wildman–Crippen MR) is 70.1 cm³/mol. The van der Waals surface area contributed by atoms with E-state index in [4.69, 9.17) is 17.3 Å². The molecular weight excluding hydrogens is 234 g/mol. The summed E-state index contributed by atoms with van der Waals surface area (Å²) in [5, 5.41) is 0.777. The van der Waals surface area contributed by atoms with E-state index in [1.165, 1.54) is 18.4 Å². The monoisotopic (exact) mass is 249 g/mol. The van der Waals surface area contributed by atoms with Crippen LogP contribution in [0, 0.1) is 5.92 Å². The van der Waals surface area contributed by atoms with E-state index in [0.717, 1.165) is 24.0 Å². The Morgan fingerprint density at radius 2 is 2.24 bits per heavy atom. The molecule has 1 aromatic rings. The first-order chi connectivity index (χ1) is 8.24. The van der Waals surface area contributed by atoms with Crippen molar-refractivity contribution in [1.29, 1.82) is 0 Å². The molecule has 17 heavy (non-hydrogen) atoms. The lowest BCUT2D eigenvalue weighted by molar-refractivity contribution is 0.334. The van der Waals surface area contributed by atoms with Gasteiger partial charge in [-0.05, 0) is 36.5 Å². The molecule has 1 atom stereocenters. The maximum Gasteiger partial charge on any atom is 0.191 e. The predicted octanol–water partition coefficient (Wildman–Crippen LogP) is 2.42. The SMILES string of the molecule is NC1=NCC(c2cccc(Cl)c2)N1CC1CC1. The normalized spacial score (nSPS) is 23.9. The zero-order chi connectivity index (χ0) is 11.8. The molecule has 1 aromatic carbocycles. The van der Waals surface area contributed by atoms with Crippen molar-refractivity contribution in [2.75, 3.05) is 13.1 Å². The lowest BCUT2D eigenvalue weighted by Crippen LogP contribution is -2.37. The molecule has 1 aliphatic heterocycles. The van der Waals surface area contributed by atoms with Crippen molar-refractivity contribution in [3.8, 4) is 0 Å². The van der Waals surface area contributed by atoms with Crippen molar-refractivity contribution in [2.45, 2.75) is 18.9 Å². The van der Waals surface area contributed by atoms with Crippen LogP contribution in [0.15, 0.2) is 29.3 Å². The maximum atomic E-state index is 6.04. The van der Waals surface area contributed by atoms with Crippen molar-refractivity contribution in [3.05, 3.63) is 34.9 Å². The third-order valence-corrected chi connectivity index (χ3v) is 3.72. The molecule has 1 heterocycles. The zero-order valence-corrected chi connectivity index (χ0v) is 10.4. The molecule has 2 aliphatic rings. The quantitative estimate of drug-likeness (QED) is 0.894. The first-order valence-corrected chi connectivity index (χ1v) is 6.44. The fourth-order valence-electron chi connectivity index (χ4n) is 2.33. The van der Waals surface area contributed by atoms with Crippen molar-refractivity contribution in [1.82, 2.24) is 4.90 Å². The van der Waals surface area contributed by atoms with Crippen molar-refractivity contribution in [2.24, 2.45) is 16.6 Å². The smallest absolute Gasteiger partial charge is 0.191 e. The van der Waals surface area contributed by atoms with E-state index in [9.17, 15) is 0 Å². The van der Waals surface area contributed by atoms with Gasteiger partial charge in [0.2, 0.25) is 0 Å². The Hall–Kier alpha value is -1.22. The van der Waals surface area contributed by atoms with Crippen LogP contribution in [0.4, 0.5) is 0 Å². The first-order valence-electron chi connectivity index (χ1n) is 6.06. The second-order valence-corrected chi connectivity index (χ2v) is 5.30.